The lowest BCUT2D eigenvalue weighted by Gasteiger charge is -2.14. The van der Waals surface area contributed by atoms with E-state index in [-0.39, 0.29) is 5.91 Å². The Balaban J connectivity index is 2.22. The molecular formula is C17H14ClN3O. The maximum Gasteiger partial charge on any atom is 0.254 e. The zero-order valence-corrected chi connectivity index (χ0v) is 12.7. The molecule has 0 unspecified atom stereocenters. The van der Waals surface area contributed by atoms with E-state index in [9.17, 15) is 4.79 Å². The van der Waals surface area contributed by atoms with Crippen molar-refractivity contribution in [3.8, 4) is 0 Å². The topological polar surface area (TPSA) is 54.0 Å². The van der Waals surface area contributed by atoms with Gasteiger partial charge in [0.15, 0.2) is 0 Å². The summed E-state index contributed by atoms with van der Waals surface area (Å²) in [4.78, 5) is 16.5. The molecule has 1 aromatic heterocycles. The van der Waals surface area contributed by atoms with Gasteiger partial charge in [0.05, 0.1) is 16.8 Å². The molecule has 4 nitrogen and oxygen atoms in total. The molecule has 0 aliphatic heterocycles. The first kappa shape index (κ1) is 14.4. The van der Waals surface area contributed by atoms with Gasteiger partial charge < -0.3 is 10.6 Å². The van der Waals surface area contributed by atoms with Crippen LogP contribution in [0, 0.1) is 0 Å². The highest BCUT2D eigenvalue weighted by Gasteiger charge is 2.15. The number of benzene rings is 2. The van der Waals surface area contributed by atoms with Crippen LogP contribution in [-0.2, 0) is 0 Å². The summed E-state index contributed by atoms with van der Waals surface area (Å²) in [6.45, 7) is 0. The van der Waals surface area contributed by atoms with Crippen LogP contribution >= 0.6 is 11.6 Å². The molecule has 2 aromatic carbocycles. The second kappa shape index (κ2) is 6.03. The normalized spacial score (nSPS) is 10.5. The van der Waals surface area contributed by atoms with Crippen molar-refractivity contribution in [2.75, 3.05) is 12.4 Å². The Morgan fingerprint density at radius 1 is 1.14 bits per heavy atom. The van der Waals surface area contributed by atoms with Gasteiger partial charge in [-0.15, -0.1) is 0 Å². The number of nitrogens with zero attached hydrogens (tertiary/aromatic N) is 1. The smallest absolute Gasteiger partial charge is 0.254 e. The predicted molar refractivity (Wildman–Crippen MR) is 89.9 cm³/mol. The standard InChI is InChI=1S/C17H14ClN3O/c1-19-17(22)14-10-20-15-8-7-11(18)9-13(15)16(14)21-12-5-3-2-4-6-12/h2-10H,1H3,(H,19,22)(H,20,21). The highest BCUT2D eigenvalue weighted by atomic mass is 35.5. The summed E-state index contributed by atoms with van der Waals surface area (Å²) in [6, 6.07) is 15.1. The first-order valence-corrected chi connectivity index (χ1v) is 7.19. The lowest BCUT2D eigenvalue weighted by atomic mass is 10.1. The second-order valence-electron chi connectivity index (χ2n) is 4.78. The molecule has 3 rings (SSSR count). The fourth-order valence-electron chi connectivity index (χ4n) is 2.27. The first-order chi connectivity index (χ1) is 10.7. The van der Waals surface area contributed by atoms with Gasteiger partial charge in [0.1, 0.15) is 0 Å². The Labute approximate surface area is 133 Å². The highest BCUT2D eigenvalue weighted by molar-refractivity contribution is 6.31. The minimum Gasteiger partial charge on any atom is -0.355 e. The Kier molecular flexibility index (Phi) is 3.94. The molecule has 0 fully saturated rings. The molecule has 110 valence electrons. The third kappa shape index (κ3) is 2.73. The van der Waals surface area contributed by atoms with E-state index in [2.05, 4.69) is 15.6 Å². The number of nitrogens with one attached hydrogen (secondary N) is 2. The van der Waals surface area contributed by atoms with Crippen LogP contribution in [0.4, 0.5) is 11.4 Å². The summed E-state index contributed by atoms with van der Waals surface area (Å²) < 4.78 is 0. The van der Waals surface area contributed by atoms with Crippen LogP contribution in [0.25, 0.3) is 10.9 Å². The Morgan fingerprint density at radius 3 is 2.64 bits per heavy atom. The summed E-state index contributed by atoms with van der Waals surface area (Å²) >= 11 is 6.10. The molecular weight excluding hydrogens is 298 g/mol. The number of carbonyl (C=O) groups is 1. The SMILES string of the molecule is CNC(=O)c1cnc2ccc(Cl)cc2c1Nc1ccccc1. The molecule has 1 heterocycles. The maximum absolute atomic E-state index is 12.1. The molecule has 22 heavy (non-hydrogen) atoms. The van der Waals surface area contributed by atoms with Crippen LogP contribution < -0.4 is 10.6 Å². The van der Waals surface area contributed by atoms with Crippen molar-refractivity contribution >= 4 is 39.8 Å². The van der Waals surface area contributed by atoms with Crippen molar-refractivity contribution in [2.24, 2.45) is 0 Å². The number of anilines is 2. The molecule has 0 radical (unpaired) electrons. The number of aromatic nitrogens is 1. The predicted octanol–water partition coefficient (Wildman–Crippen LogP) is 3.99. The van der Waals surface area contributed by atoms with Gasteiger partial charge in [0.25, 0.3) is 5.91 Å². The van der Waals surface area contributed by atoms with Crippen LogP contribution in [-0.4, -0.2) is 17.9 Å². The molecule has 0 aliphatic rings. The van der Waals surface area contributed by atoms with E-state index in [1.807, 2.05) is 42.5 Å². The van der Waals surface area contributed by atoms with E-state index in [1.165, 1.54) is 0 Å². The number of carbonyl (C=O) groups excluding carboxylic acids is 1. The number of halogens is 1. The molecule has 5 heteroatoms. The molecule has 2 N–H and O–H groups in total. The zero-order valence-electron chi connectivity index (χ0n) is 11.9. The fraction of sp³-hybridized carbons (Fsp3) is 0.0588. The van der Waals surface area contributed by atoms with Gasteiger partial charge in [0, 0.05) is 29.3 Å². The van der Waals surface area contributed by atoms with Crippen molar-refractivity contribution in [1.29, 1.82) is 0 Å². The number of hydrogen-bond donors (Lipinski definition) is 2. The number of hydrogen-bond acceptors (Lipinski definition) is 3. The van der Waals surface area contributed by atoms with Gasteiger partial charge in [-0.05, 0) is 30.3 Å². The van der Waals surface area contributed by atoms with Gasteiger partial charge in [-0.1, -0.05) is 29.8 Å². The van der Waals surface area contributed by atoms with E-state index >= 15 is 0 Å². The average molecular weight is 312 g/mol. The van der Waals surface area contributed by atoms with Crippen molar-refractivity contribution in [1.82, 2.24) is 10.3 Å². The summed E-state index contributed by atoms with van der Waals surface area (Å²) in [7, 11) is 1.59. The molecule has 0 atom stereocenters. The van der Waals surface area contributed by atoms with Gasteiger partial charge in [-0.2, -0.15) is 0 Å². The first-order valence-electron chi connectivity index (χ1n) is 6.81. The Hall–Kier alpha value is -2.59. The molecule has 3 aromatic rings. The van der Waals surface area contributed by atoms with Crippen LogP contribution in [0.1, 0.15) is 10.4 Å². The largest absolute Gasteiger partial charge is 0.355 e. The van der Waals surface area contributed by atoms with Crippen molar-refractivity contribution in [3.05, 3.63) is 65.3 Å². The minimum atomic E-state index is -0.201. The van der Waals surface area contributed by atoms with E-state index in [1.54, 1.807) is 19.3 Å². The number of amides is 1. The van der Waals surface area contributed by atoms with Crippen molar-refractivity contribution in [3.63, 3.8) is 0 Å². The van der Waals surface area contributed by atoms with Crippen LogP contribution in [0.15, 0.2) is 54.7 Å². The molecule has 0 saturated heterocycles. The molecule has 0 spiro atoms. The van der Waals surface area contributed by atoms with Crippen molar-refractivity contribution in [2.45, 2.75) is 0 Å². The molecule has 0 bridgehead atoms. The number of rotatable bonds is 3. The summed E-state index contributed by atoms with van der Waals surface area (Å²) in [5.41, 5.74) is 2.83. The molecule has 1 amide bonds. The fourth-order valence-corrected chi connectivity index (χ4v) is 2.44. The lowest BCUT2D eigenvalue weighted by Crippen LogP contribution is -2.19. The zero-order chi connectivity index (χ0) is 15.5. The van der Waals surface area contributed by atoms with Crippen LogP contribution in [0.5, 0.6) is 0 Å². The summed E-state index contributed by atoms with van der Waals surface area (Å²) in [5.74, 6) is -0.201. The van der Waals surface area contributed by atoms with E-state index in [0.29, 0.717) is 16.3 Å². The quantitative estimate of drug-likeness (QED) is 0.769. The third-order valence-electron chi connectivity index (χ3n) is 3.34. The molecule has 0 saturated carbocycles. The average Bonchev–Trinajstić information content (AvgIpc) is 2.55. The van der Waals surface area contributed by atoms with Crippen molar-refractivity contribution < 1.29 is 4.79 Å². The maximum atomic E-state index is 12.1. The number of pyridine rings is 1. The summed E-state index contributed by atoms with van der Waals surface area (Å²) in [5, 5.41) is 7.33. The molecule has 0 aliphatic carbocycles. The van der Waals surface area contributed by atoms with Gasteiger partial charge in [-0.3, -0.25) is 9.78 Å². The number of para-hydroxylation sites is 1. The van der Waals surface area contributed by atoms with Gasteiger partial charge in [-0.25, -0.2) is 0 Å². The van der Waals surface area contributed by atoms with Crippen LogP contribution in [0.2, 0.25) is 5.02 Å². The Morgan fingerprint density at radius 2 is 1.91 bits per heavy atom. The third-order valence-corrected chi connectivity index (χ3v) is 3.58. The van der Waals surface area contributed by atoms with Gasteiger partial charge >= 0.3 is 0 Å². The Bertz CT molecular complexity index is 834. The van der Waals surface area contributed by atoms with E-state index in [4.69, 9.17) is 11.6 Å². The van der Waals surface area contributed by atoms with E-state index < -0.39 is 0 Å². The summed E-state index contributed by atoms with van der Waals surface area (Å²) in [6.07, 6.45) is 1.57. The van der Waals surface area contributed by atoms with E-state index in [0.717, 1.165) is 16.6 Å². The lowest BCUT2D eigenvalue weighted by molar-refractivity contribution is 0.0963. The highest BCUT2D eigenvalue weighted by Crippen LogP contribution is 2.30. The second-order valence-corrected chi connectivity index (χ2v) is 5.21. The minimum absolute atomic E-state index is 0.201. The van der Waals surface area contributed by atoms with Crippen LogP contribution in [0.3, 0.4) is 0 Å². The number of fused-ring (bicyclic) bond motifs is 1. The van der Waals surface area contributed by atoms with Gasteiger partial charge in [0.2, 0.25) is 0 Å². The monoisotopic (exact) mass is 311 g/mol.